The van der Waals surface area contributed by atoms with E-state index in [1.54, 1.807) is 11.3 Å². The van der Waals surface area contributed by atoms with Crippen LogP contribution >= 0.6 is 0 Å². The third-order valence-corrected chi connectivity index (χ3v) is 3.12. The van der Waals surface area contributed by atoms with Crippen LogP contribution in [0.1, 0.15) is 21.7 Å². The van der Waals surface area contributed by atoms with Gasteiger partial charge in [0.2, 0.25) is 0 Å². The Balaban J connectivity index is 1.99. The van der Waals surface area contributed by atoms with Gasteiger partial charge in [0, 0.05) is 6.20 Å². The Hall–Kier alpha value is -2.76. The summed E-state index contributed by atoms with van der Waals surface area (Å²) in [5.41, 5.74) is 2.80. The maximum atomic E-state index is 12.8. The van der Waals surface area contributed by atoms with Crippen molar-refractivity contribution in [1.29, 1.82) is 0 Å². The lowest BCUT2D eigenvalue weighted by atomic mass is 10.3. The van der Waals surface area contributed by atoms with Crippen molar-refractivity contribution < 1.29 is 9.18 Å². The zero-order valence-electron chi connectivity index (χ0n) is 11.6. The normalized spacial score (nSPS) is 10.8. The van der Waals surface area contributed by atoms with Gasteiger partial charge in [0.05, 0.1) is 11.9 Å². The number of rotatable bonds is 2. The fourth-order valence-corrected chi connectivity index (χ4v) is 2.17. The van der Waals surface area contributed by atoms with E-state index in [-0.39, 0.29) is 5.91 Å². The predicted octanol–water partition coefficient (Wildman–Crippen LogP) is 2.74. The van der Waals surface area contributed by atoms with E-state index in [2.05, 4.69) is 15.3 Å². The number of hydrogen-bond donors (Lipinski definition) is 1. The lowest BCUT2D eigenvalue weighted by Gasteiger charge is -2.05. The van der Waals surface area contributed by atoms with Gasteiger partial charge < -0.3 is 5.32 Å². The van der Waals surface area contributed by atoms with Gasteiger partial charge in [-0.3, -0.25) is 9.20 Å². The van der Waals surface area contributed by atoms with Gasteiger partial charge in [0.15, 0.2) is 0 Å². The molecule has 0 aliphatic heterocycles. The molecule has 0 fully saturated rings. The third-order valence-electron chi connectivity index (χ3n) is 3.12. The molecule has 3 rings (SSSR count). The number of aryl methyl sites for hydroxylation is 2. The highest BCUT2D eigenvalue weighted by atomic mass is 19.1. The zero-order valence-corrected chi connectivity index (χ0v) is 11.6. The van der Waals surface area contributed by atoms with E-state index in [4.69, 9.17) is 0 Å². The van der Waals surface area contributed by atoms with Gasteiger partial charge in [-0.15, -0.1) is 0 Å². The van der Waals surface area contributed by atoms with Crippen molar-refractivity contribution in [2.45, 2.75) is 13.8 Å². The summed E-state index contributed by atoms with van der Waals surface area (Å²) in [6.07, 6.45) is 2.91. The van der Waals surface area contributed by atoms with Crippen molar-refractivity contribution in [2.24, 2.45) is 0 Å². The molecule has 3 aromatic heterocycles. The molecular weight excluding hydrogens is 271 g/mol. The number of hydrogen-bond acceptors (Lipinski definition) is 3. The summed E-state index contributed by atoms with van der Waals surface area (Å²) >= 11 is 0. The fourth-order valence-electron chi connectivity index (χ4n) is 2.17. The van der Waals surface area contributed by atoms with Crippen LogP contribution in [0.25, 0.3) is 5.65 Å². The van der Waals surface area contributed by atoms with E-state index < -0.39 is 5.82 Å². The van der Waals surface area contributed by atoms with Crippen LogP contribution < -0.4 is 5.32 Å². The molecule has 0 aliphatic carbocycles. The second-order valence-corrected chi connectivity index (χ2v) is 4.80. The molecule has 0 aromatic carbocycles. The van der Waals surface area contributed by atoms with E-state index in [9.17, 15) is 9.18 Å². The summed E-state index contributed by atoms with van der Waals surface area (Å²) < 4.78 is 14.6. The minimum atomic E-state index is -0.449. The molecule has 0 atom stereocenters. The molecule has 0 bridgehead atoms. The Morgan fingerprint density at radius 3 is 2.76 bits per heavy atom. The van der Waals surface area contributed by atoms with E-state index in [1.807, 2.05) is 25.3 Å². The number of imidazole rings is 1. The molecule has 3 heterocycles. The first kappa shape index (κ1) is 13.2. The van der Waals surface area contributed by atoms with Crippen molar-refractivity contribution >= 4 is 17.4 Å². The fraction of sp³-hybridized carbons (Fsp3) is 0.133. The van der Waals surface area contributed by atoms with Crippen molar-refractivity contribution in [1.82, 2.24) is 14.4 Å². The van der Waals surface area contributed by atoms with Crippen LogP contribution in [0.3, 0.4) is 0 Å². The number of carbonyl (C=O) groups excluding carboxylic acids is 1. The number of amides is 1. The molecule has 5 nitrogen and oxygen atoms in total. The number of carbonyl (C=O) groups is 1. The van der Waals surface area contributed by atoms with E-state index >= 15 is 0 Å². The highest BCUT2D eigenvalue weighted by Gasteiger charge is 2.17. The zero-order chi connectivity index (χ0) is 15.0. The quantitative estimate of drug-likeness (QED) is 0.787. The molecule has 0 aliphatic rings. The third kappa shape index (κ3) is 2.47. The number of aromatic nitrogens is 3. The van der Waals surface area contributed by atoms with Gasteiger partial charge in [-0.1, -0.05) is 6.07 Å². The molecule has 6 heteroatoms. The predicted molar refractivity (Wildman–Crippen MR) is 76.8 cm³/mol. The van der Waals surface area contributed by atoms with Crippen molar-refractivity contribution in [2.75, 3.05) is 5.32 Å². The average molecular weight is 284 g/mol. The van der Waals surface area contributed by atoms with Gasteiger partial charge in [0.25, 0.3) is 5.91 Å². The molecule has 0 radical (unpaired) electrons. The van der Waals surface area contributed by atoms with Crippen LogP contribution in [-0.2, 0) is 0 Å². The van der Waals surface area contributed by atoms with Crippen molar-refractivity contribution in [3.05, 3.63) is 59.4 Å². The smallest absolute Gasteiger partial charge is 0.275 e. The monoisotopic (exact) mass is 284 g/mol. The Morgan fingerprint density at radius 1 is 1.24 bits per heavy atom. The Labute approximate surface area is 120 Å². The van der Waals surface area contributed by atoms with Crippen LogP contribution in [0.15, 0.2) is 36.7 Å². The lowest BCUT2D eigenvalue weighted by Crippen LogP contribution is -2.16. The summed E-state index contributed by atoms with van der Waals surface area (Å²) in [7, 11) is 0. The highest BCUT2D eigenvalue weighted by molar-refractivity contribution is 6.03. The first-order chi connectivity index (χ1) is 10.0. The average Bonchev–Trinajstić information content (AvgIpc) is 2.76. The molecular formula is C15H13FN4O. The number of nitrogens with one attached hydrogen (secondary N) is 1. The topological polar surface area (TPSA) is 59.3 Å². The number of nitrogens with zero attached hydrogens (tertiary/aromatic N) is 3. The molecule has 0 saturated heterocycles. The van der Waals surface area contributed by atoms with Gasteiger partial charge in [-0.25, -0.2) is 14.4 Å². The molecule has 0 unspecified atom stereocenters. The summed E-state index contributed by atoms with van der Waals surface area (Å²) in [6.45, 7) is 3.72. The molecule has 1 N–H and O–H groups in total. The summed E-state index contributed by atoms with van der Waals surface area (Å²) in [4.78, 5) is 20.6. The summed E-state index contributed by atoms with van der Waals surface area (Å²) in [5.74, 6) is -0.484. The Bertz CT molecular complexity index is 824. The number of fused-ring (bicyclic) bond motifs is 1. The van der Waals surface area contributed by atoms with Crippen LogP contribution in [0.2, 0.25) is 0 Å². The van der Waals surface area contributed by atoms with Crippen molar-refractivity contribution in [3.8, 4) is 0 Å². The molecule has 0 spiro atoms. The second-order valence-electron chi connectivity index (χ2n) is 4.80. The highest BCUT2D eigenvalue weighted by Crippen LogP contribution is 2.15. The number of pyridine rings is 2. The molecule has 3 aromatic rings. The first-order valence-corrected chi connectivity index (χ1v) is 6.43. The van der Waals surface area contributed by atoms with Crippen LogP contribution in [-0.4, -0.2) is 20.3 Å². The number of anilines is 1. The lowest BCUT2D eigenvalue weighted by molar-refractivity contribution is 0.102. The molecule has 106 valence electrons. The van der Waals surface area contributed by atoms with E-state index in [1.165, 1.54) is 12.1 Å². The Morgan fingerprint density at radius 2 is 2.05 bits per heavy atom. The summed E-state index contributed by atoms with van der Waals surface area (Å²) in [5, 5.41) is 2.65. The number of halogens is 1. The van der Waals surface area contributed by atoms with E-state index in [0.29, 0.717) is 22.9 Å². The van der Waals surface area contributed by atoms with Crippen LogP contribution in [0, 0.1) is 19.7 Å². The van der Waals surface area contributed by atoms with Crippen molar-refractivity contribution in [3.63, 3.8) is 0 Å². The maximum Gasteiger partial charge on any atom is 0.275 e. The Kier molecular flexibility index (Phi) is 3.13. The minimum absolute atomic E-state index is 0.295. The molecule has 21 heavy (non-hydrogen) atoms. The molecule has 0 saturated carbocycles. The largest absolute Gasteiger partial charge is 0.305 e. The van der Waals surface area contributed by atoms with Crippen LogP contribution in [0.4, 0.5) is 10.2 Å². The standard InChI is InChI=1S/C15H13FN4O/c1-9-3-6-13-18-10(2)14(20(13)8-9)15(21)19-12-5-4-11(16)7-17-12/h3-8H,1-2H3,(H,17,19,21). The van der Waals surface area contributed by atoms with Crippen LogP contribution in [0.5, 0.6) is 0 Å². The van der Waals surface area contributed by atoms with E-state index in [0.717, 1.165) is 11.8 Å². The van der Waals surface area contributed by atoms with Gasteiger partial charge in [0.1, 0.15) is 23.0 Å². The maximum absolute atomic E-state index is 12.8. The SMILES string of the molecule is Cc1ccc2nc(C)c(C(=O)Nc3ccc(F)cn3)n2c1. The second kappa shape index (κ2) is 4.97. The van der Waals surface area contributed by atoms with Gasteiger partial charge in [-0.05, 0) is 37.6 Å². The van der Waals surface area contributed by atoms with Gasteiger partial charge >= 0.3 is 0 Å². The molecule has 1 amide bonds. The summed E-state index contributed by atoms with van der Waals surface area (Å²) in [6, 6.07) is 6.45. The minimum Gasteiger partial charge on any atom is -0.305 e. The van der Waals surface area contributed by atoms with Gasteiger partial charge in [-0.2, -0.15) is 0 Å². The first-order valence-electron chi connectivity index (χ1n) is 6.43.